The van der Waals surface area contributed by atoms with Crippen LogP contribution in [-0.4, -0.2) is 52.4 Å². The molecule has 0 spiro atoms. The van der Waals surface area contributed by atoms with E-state index in [1.165, 1.54) is 37.8 Å². The van der Waals surface area contributed by atoms with Crippen molar-refractivity contribution in [2.45, 2.75) is 50.6 Å². The number of aromatic amines is 1. The Balaban J connectivity index is 1.34. The number of fused-ring (bicyclic) bond motifs is 7. The lowest BCUT2D eigenvalue weighted by Crippen LogP contribution is -2.60. The Morgan fingerprint density at radius 1 is 1.17 bits per heavy atom. The number of halogens is 1. The number of hydrogen-bond donors (Lipinski definition) is 1. The van der Waals surface area contributed by atoms with Crippen LogP contribution in [0.4, 0.5) is 0 Å². The van der Waals surface area contributed by atoms with Crippen LogP contribution >= 0.6 is 11.6 Å². The van der Waals surface area contributed by atoms with E-state index in [4.69, 9.17) is 11.6 Å². The van der Waals surface area contributed by atoms with Crippen molar-refractivity contribution in [2.24, 2.45) is 11.8 Å². The first-order chi connectivity index (χ1) is 14.2. The fraction of sp³-hybridized carbons (Fsp3) is 0.542. The number of nitrogens with one attached hydrogen (secondary N) is 1. The summed E-state index contributed by atoms with van der Waals surface area (Å²) in [5.74, 6) is 1.40. The molecule has 0 unspecified atom stereocenters. The number of amides is 1. The van der Waals surface area contributed by atoms with Crippen LogP contribution in [0.15, 0.2) is 35.9 Å². The molecule has 0 radical (unpaired) electrons. The van der Waals surface area contributed by atoms with Crippen molar-refractivity contribution in [3.63, 3.8) is 0 Å². The molecule has 1 N–H and O–H groups in total. The Bertz CT molecular complexity index is 995. The van der Waals surface area contributed by atoms with Crippen molar-refractivity contribution in [2.75, 3.05) is 19.6 Å². The number of benzene rings is 1. The number of hydrogen-bond acceptors (Lipinski definition) is 2. The third-order valence-corrected chi connectivity index (χ3v) is 8.09. The highest BCUT2D eigenvalue weighted by Crippen LogP contribution is 2.45. The van der Waals surface area contributed by atoms with Crippen molar-refractivity contribution in [3.8, 4) is 0 Å². The van der Waals surface area contributed by atoms with Crippen LogP contribution in [0.25, 0.3) is 10.9 Å². The largest absolute Gasteiger partial charge is 0.350 e. The normalized spacial score (nSPS) is 31.9. The Morgan fingerprint density at radius 3 is 3.00 bits per heavy atom. The highest BCUT2D eigenvalue weighted by Gasteiger charge is 2.47. The highest BCUT2D eigenvalue weighted by molar-refractivity contribution is 6.35. The van der Waals surface area contributed by atoms with E-state index in [1.54, 1.807) is 0 Å². The maximum atomic E-state index is 13.6. The van der Waals surface area contributed by atoms with Crippen LogP contribution in [0.1, 0.15) is 49.0 Å². The van der Waals surface area contributed by atoms with E-state index < -0.39 is 0 Å². The van der Waals surface area contributed by atoms with Gasteiger partial charge in [-0.2, -0.15) is 0 Å². The zero-order valence-electron chi connectivity index (χ0n) is 16.7. The van der Waals surface area contributed by atoms with Gasteiger partial charge in [-0.25, -0.2) is 0 Å². The molecule has 4 nitrogen and oxygen atoms in total. The van der Waals surface area contributed by atoms with Crippen LogP contribution < -0.4 is 0 Å². The van der Waals surface area contributed by atoms with Crippen molar-refractivity contribution in [1.29, 1.82) is 0 Å². The van der Waals surface area contributed by atoms with Gasteiger partial charge in [-0.1, -0.05) is 35.7 Å². The molecule has 4 aliphatic rings. The summed E-state index contributed by atoms with van der Waals surface area (Å²) in [5.41, 5.74) is 3.14. The van der Waals surface area contributed by atoms with Gasteiger partial charge in [0.2, 0.25) is 0 Å². The number of carbonyl (C=O) groups excluding carboxylic acids is 1. The number of likely N-dealkylation sites (tertiary alicyclic amines) is 1. The third kappa shape index (κ3) is 2.87. The summed E-state index contributed by atoms with van der Waals surface area (Å²) in [6, 6.07) is 8.75. The molecule has 1 aliphatic carbocycles. The first-order valence-corrected chi connectivity index (χ1v) is 11.6. The molecule has 1 aromatic carbocycles. The average molecular weight is 410 g/mol. The summed E-state index contributed by atoms with van der Waals surface area (Å²) in [6.07, 6.45) is 10.1. The number of H-pyrrole nitrogens is 1. The number of piperidine rings is 3. The van der Waals surface area contributed by atoms with Gasteiger partial charge in [0.15, 0.2) is 0 Å². The molecule has 152 valence electrons. The molecule has 3 saturated heterocycles. The molecule has 6 rings (SSSR count). The molecule has 4 atom stereocenters. The summed E-state index contributed by atoms with van der Waals surface area (Å²) in [5, 5.41) is 1.63. The minimum absolute atomic E-state index is 0.132. The van der Waals surface area contributed by atoms with E-state index in [1.807, 2.05) is 24.3 Å². The van der Waals surface area contributed by atoms with Crippen molar-refractivity contribution >= 4 is 28.4 Å². The predicted octanol–water partition coefficient (Wildman–Crippen LogP) is 4.86. The molecular weight excluding hydrogens is 382 g/mol. The first kappa shape index (κ1) is 18.0. The van der Waals surface area contributed by atoms with Gasteiger partial charge in [0.1, 0.15) is 5.69 Å². The maximum absolute atomic E-state index is 13.6. The second-order valence-electron chi connectivity index (χ2n) is 9.39. The molecule has 0 saturated carbocycles. The Morgan fingerprint density at radius 2 is 2.10 bits per heavy atom. The highest BCUT2D eigenvalue weighted by atomic mass is 35.5. The summed E-state index contributed by atoms with van der Waals surface area (Å²) >= 11 is 6.35. The topological polar surface area (TPSA) is 39.3 Å². The predicted molar refractivity (Wildman–Crippen MR) is 116 cm³/mol. The van der Waals surface area contributed by atoms with Crippen LogP contribution in [0.3, 0.4) is 0 Å². The minimum atomic E-state index is 0.132. The molecule has 29 heavy (non-hydrogen) atoms. The number of rotatable bonds is 1. The molecule has 4 heterocycles. The zero-order valence-corrected chi connectivity index (χ0v) is 17.5. The van der Waals surface area contributed by atoms with Gasteiger partial charge < -0.3 is 9.88 Å². The summed E-state index contributed by atoms with van der Waals surface area (Å²) in [4.78, 5) is 21.8. The molecule has 3 fully saturated rings. The smallest absolute Gasteiger partial charge is 0.270 e. The fourth-order valence-electron chi connectivity index (χ4n) is 6.59. The van der Waals surface area contributed by atoms with E-state index in [0.717, 1.165) is 42.9 Å². The summed E-state index contributed by atoms with van der Waals surface area (Å²) in [7, 11) is 0. The van der Waals surface area contributed by atoms with Crippen LogP contribution in [0, 0.1) is 11.8 Å². The molecule has 1 aromatic heterocycles. The van der Waals surface area contributed by atoms with E-state index in [2.05, 4.69) is 20.9 Å². The number of carbonyl (C=O) groups is 1. The van der Waals surface area contributed by atoms with Crippen LogP contribution in [-0.2, 0) is 0 Å². The number of nitrogens with zero attached hydrogens (tertiary/aromatic N) is 2. The fourth-order valence-corrected chi connectivity index (χ4v) is 6.82. The van der Waals surface area contributed by atoms with E-state index in [-0.39, 0.29) is 11.9 Å². The standard InChI is InChI=1S/C24H28ClN3O/c25-19-6-3-7-20-18(19)13-21(26-20)24(29)28-10-4-5-15-11-16-12-17(23(15)28)14-27-9-2-1-8-22(16)27/h3,6-7,11,13,16-17,22-23,26H,1-2,4-5,8-10,12,14H2/t16-,17+,22+,23-/m0/s1. The molecule has 3 aliphatic heterocycles. The van der Waals surface area contributed by atoms with Gasteiger partial charge in [0, 0.05) is 35.1 Å². The van der Waals surface area contributed by atoms with Gasteiger partial charge in [-0.05, 0) is 68.7 Å². The van der Waals surface area contributed by atoms with E-state index in [9.17, 15) is 4.79 Å². The lowest BCUT2D eigenvalue weighted by molar-refractivity contribution is 0.00134. The van der Waals surface area contributed by atoms with Gasteiger partial charge in [0.25, 0.3) is 5.91 Å². The second kappa shape index (κ2) is 6.88. The molecule has 1 amide bonds. The molecule has 2 bridgehead atoms. The lowest BCUT2D eigenvalue weighted by atomic mass is 9.68. The van der Waals surface area contributed by atoms with Crippen molar-refractivity contribution < 1.29 is 4.79 Å². The lowest BCUT2D eigenvalue weighted by Gasteiger charge is -2.54. The third-order valence-electron chi connectivity index (χ3n) is 7.76. The van der Waals surface area contributed by atoms with Crippen LogP contribution in [0.5, 0.6) is 0 Å². The van der Waals surface area contributed by atoms with E-state index in [0.29, 0.717) is 22.6 Å². The van der Waals surface area contributed by atoms with E-state index >= 15 is 0 Å². The SMILES string of the molecule is O=C(c1cc2c(Cl)cccc2[nH]1)N1CCCC2=C[C@H]3C[C@H](CN4CCCC[C@H]34)[C@H]21. The Hall–Kier alpha value is -1.78. The van der Waals surface area contributed by atoms with Crippen molar-refractivity contribution in [3.05, 3.63) is 46.6 Å². The van der Waals surface area contributed by atoms with Gasteiger partial charge in [-0.15, -0.1) is 0 Å². The first-order valence-electron chi connectivity index (χ1n) is 11.2. The molecular formula is C24H28ClN3O. The molecule has 5 heteroatoms. The molecule has 2 aromatic rings. The minimum Gasteiger partial charge on any atom is -0.350 e. The van der Waals surface area contributed by atoms with Crippen molar-refractivity contribution in [1.82, 2.24) is 14.8 Å². The quantitative estimate of drug-likeness (QED) is 0.683. The van der Waals surface area contributed by atoms with Gasteiger partial charge >= 0.3 is 0 Å². The number of aromatic nitrogens is 1. The Kier molecular flexibility index (Phi) is 4.28. The maximum Gasteiger partial charge on any atom is 0.270 e. The second-order valence-corrected chi connectivity index (χ2v) is 9.80. The van der Waals surface area contributed by atoms with Gasteiger partial charge in [0.05, 0.1) is 6.04 Å². The Labute approximate surface area is 176 Å². The van der Waals surface area contributed by atoms with Crippen LogP contribution in [0.2, 0.25) is 5.02 Å². The summed E-state index contributed by atoms with van der Waals surface area (Å²) < 4.78 is 0. The van der Waals surface area contributed by atoms with Gasteiger partial charge in [-0.3, -0.25) is 9.69 Å². The monoisotopic (exact) mass is 409 g/mol. The average Bonchev–Trinajstić information content (AvgIpc) is 3.19. The summed E-state index contributed by atoms with van der Waals surface area (Å²) in [6.45, 7) is 3.25. The zero-order chi connectivity index (χ0) is 19.5.